The van der Waals surface area contributed by atoms with Crippen LogP contribution in [0.25, 0.3) is 0 Å². The molecule has 1 aromatic heterocycles. The molecule has 1 heterocycles. The smallest absolute Gasteiger partial charge is 0.0568 e. The molecule has 0 amide bonds. The molecule has 0 bridgehead atoms. The van der Waals surface area contributed by atoms with E-state index in [1.54, 1.807) is 12.4 Å². The van der Waals surface area contributed by atoms with Gasteiger partial charge in [0.2, 0.25) is 0 Å². The highest BCUT2D eigenvalue weighted by Gasteiger charge is 2.11. The first-order valence-electron chi connectivity index (χ1n) is 5.31. The molecule has 0 saturated carbocycles. The lowest BCUT2D eigenvalue weighted by atomic mass is 9.96. The molecule has 0 aliphatic rings. The highest BCUT2D eigenvalue weighted by atomic mass is 16.3. The Hall–Kier alpha value is -0.890. The quantitative estimate of drug-likeness (QED) is 0.779. The average molecular weight is 193 g/mol. The van der Waals surface area contributed by atoms with Crippen LogP contribution in [0.1, 0.15) is 32.3 Å². The minimum atomic E-state index is -0.173. The number of nitrogens with zero attached hydrogens (tertiary/aromatic N) is 1. The molecule has 0 aromatic carbocycles. The van der Waals surface area contributed by atoms with Gasteiger partial charge in [-0.05, 0) is 36.5 Å². The van der Waals surface area contributed by atoms with Crippen molar-refractivity contribution in [1.82, 2.24) is 4.98 Å². The van der Waals surface area contributed by atoms with E-state index in [9.17, 15) is 5.11 Å². The van der Waals surface area contributed by atoms with Crippen LogP contribution in [0.2, 0.25) is 0 Å². The Balaban J connectivity index is 2.34. The molecule has 0 radical (unpaired) electrons. The van der Waals surface area contributed by atoms with Crippen molar-refractivity contribution >= 4 is 0 Å². The molecule has 1 aromatic rings. The van der Waals surface area contributed by atoms with E-state index in [1.807, 2.05) is 12.1 Å². The first-order valence-corrected chi connectivity index (χ1v) is 5.31. The minimum absolute atomic E-state index is 0.173. The van der Waals surface area contributed by atoms with Crippen molar-refractivity contribution in [1.29, 1.82) is 0 Å². The van der Waals surface area contributed by atoms with Crippen LogP contribution >= 0.6 is 0 Å². The van der Waals surface area contributed by atoms with Gasteiger partial charge in [0, 0.05) is 12.4 Å². The lowest BCUT2D eigenvalue weighted by Gasteiger charge is -2.16. The Kier molecular flexibility index (Phi) is 4.60. The number of aromatic nitrogens is 1. The van der Waals surface area contributed by atoms with Gasteiger partial charge in [-0.25, -0.2) is 0 Å². The van der Waals surface area contributed by atoms with Crippen LogP contribution in [-0.2, 0) is 6.42 Å². The fourth-order valence-electron chi connectivity index (χ4n) is 1.42. The molecule has 0 aliphatic heterocycles. The van der Waals surface area contributed by atoms with Gasteiger partial charge in [-0.3, -0.25) is 4.98 Å². The van der Waals surface area contributed by atoms with Crippen molar-refractivity contribution in [2.45, 2.75) is 39.2 Å². The third-order valence-corrected chi connectivity index (χ3v) is 2.78. The summed E-state index contributed by atoms with van der Waals surface area (Å²) in [6.07, 6.45) is 6.24. The molecule has 1 rings (SSSR count). The van der Waals surface area contributed by atoms with Crippen LogP contribution in [0.3, 0.4) is 0 Å². The summed E-state index contributed by atoms with van der Waals surface area (Å²) < 4.78 is 0. The van der Waals surface area contributed by atoms with Gasteiger partial charge < -0.3 is 5.11 Å². The molecule has 0 fully saturated rings. The first-order chi connectivity index (χ1) is 6.74. The molecule has 78 valence electrons. The maximum Gasteiger partial charge on any atom is 0.0568 e. The molecule has 0 spiro atoms. The summed E-state index contributed by atoms with van der Waals surface area (Å²) >= 11 is 0. The van der Waals surface area contributed by atoms with E-state index in [4.69, 9.17) is 0 Å². The fraction of sp³-hybridized carbons (Fsp3) is 0.583. The zero-order chi connectivity index (χ0) is 10.4. The van der Waals surface area contributed by atoms with Gasteiger partial charge in [0.25, 0.3) is 0 Å². The zero-order valence-electron chi connectivity index (χ0n) is 8.98. The summed E-state index contributed by atoms with van der Waals surface area (Å²) in [5.41, 5.74) is 1.25. The topological polar surface area (TPSA) is 33.1 Å². The maximum absolute atomic E-state index is 9.76. The van der Waals surface area contributed by atoms with Crippen molar-refractivity contribution in [2.75, 3.05) is 0 Å². The largest absolute Gasteiger partial charge is 0.393 e. The van der Waals surface area contributed by atoms with Crippen LogP contribution in [0.15, 0.2) is 24.5 Å². The molecule has 2 heteroatoms. The normalized spacial score (nSPS) is 15.1. The Bertz CT molecular complexity index is 248. The molecule has 0 saturated heterocycles. The van der Waals surface area contributed by atoms with Crippen molar-refractivity contribution in [3.63, 3.8) is 0 Å². The number of pyridine rings is 1. The standard InChI is InChI=1S/C12H19NO/c1-3-10(2)12(14)5-4-11-6-8-13-9-7-11/h6-10,12,14H,3-5H2,1-2H3. The van der Waals surface area contributed by atoms with Gasteiger partial charge in [-0.15, -0.1) is 0 Å². The summed E-state index contributed by atoms with van der Waals surface area (Å²) in [6, 6.07) is 4.01. The van der Waals surface area contributed by atoms with E-state index in [0.29, 0.717) is 5.92 Å². The summed E-state index contributed by atoms with van der Waals surface area (Å²) in [4.78, 5) is 3.96. The third kappa shape index (κ3) is 3.46. The van der Waals surface area contributed by atoms with Gasteiger partial charge in [0.05, 0.1) is 6.10 Å². The minimum Gasteiger partial charge on any atom is -0.393 e. The monoisotopic (exact) mass is 193 g/mol. The van der Waals surface area contributed by atoms with E-state index in [0.717, 1.165) is 19.3 Å². The van der Waals surface area contributed by atoms with Gasteiger partial charge in [-0.2, -0.15) is 0 Å². The molecule has 1 N–H and O–H groups in total. The fourth-order valence-corrected chi connectivity index (χ4v) is 1.42. The second-order valence-corrected chi connectivity index (χ2v) is 3.85. The highest BCUT2D eigenvalue weighted by Crippen LogP contribution is 2.13. The van der Waals surface area contributed by atoms with Crippen molar-refractivity contribution in [2.24, 2.45) is 5.92 Å². The molecular formula is C12H19NO. The van der Waals surface area contributed by atoms with Gasteiger partial charge >= 0.3 is 0 Å². The molecule has 14 heavy (non-hydrogen) atoms. The summed E-state index contributed by atoms with van der Waals surface area (Å²) in [5.74, 6) is 0.400. The zero-order valence-corrected chi connectivity index (χ0v) is 8.98. The van der Waals surface area contributed by atoms with Gasteiger partial charge in [0.15, 0.2) is 0 Å². The number of hydrogen-bond donors (Lipinski definition) is 1. The number of aliphatic hydroxyl groups is 1. The second kappa shape index (κ2) is 5.76. The molecule has 2 atom stereocenters. The Morgan fingerprint density at radius 1 is 1.36 bits per heavy atom. The average Bonchev–Trinajstić information content (AvgIpc) is 2.26. The van der Waals surface area contributed by atoms with Crippen LogP contribution < -0.4 is 0 Å². The highest BCUT2D eigenvalue weighted by molar-refractivity contribution is 5.09. The van der Waals surface area contributed by atoms with E-state index in [1.165, 1.54) is 5.56 Å². The van der Waals surface area contributed by atoms with E-state index in [2.05, 4.69) is 18.8 Å². The first kappa shape index (κ1) is 11.2. The van der Waals surface area contributed by atoms with Gasteiger partial charge in [0.1, 0.15) is 0 Å². The Labute approximate surface area is 86.0 Å². The van der Waals surface area contributed by atoms with Crippen LogP contribution in [-0.4, -0.2) is 16.2 Å². The van der Waals surface area contributed by atoms with Crippen molar-refractivity contribution < 1.29 is 5.11 Å². The second-order valence-electron chi connectivity index (χ2n) is 3.85. The molecule has 2 unspecified atom stereocenters. The Morgan fingerprint density at radius 2 is 2.00 bits per heavy atom. The maximum atomic E-state index is 9.76. The SMILES string of the molecule is CCC(C)C(O)CCc1ccncc1. The molecule has 0 aliphatic carbocycles. The summed E-state index contributed by atoms with van der Waals surface area (Å²) in [5, 5.41) is 9.76. The lowest BCUT2D eigenvalue weighted by Crippen LogP contribution is -2.17. The Morgan fingerprint density at radius 3 is 2.57 bits per heavy atom. The lowest BCUT2D eigenvalue weighted by molar-refractivity contribution is 0.106. The van der Waals surface area contributed by atoms with Crippen molar-refractivity contribution in [3.05, 3.63) is 30.1 Å². The van der Waals surface area contributed by atoms with E-state index < -0.39 is 0 Å². The summed E-state index contributed by atoms with van der Waals surface area (Å²) in [6.45, 7) is 4.21. The van der Waals surface area contributed by atoms with Crippen LogP contribution in [0.4, 0.5) is 0 Å². The van der Waals surface area contributed by atoms with Gasteiger partial charge in [-0.1, -0.05) is 20.3 Å². The molecule has 2 nitrogen and oxygen atoms in total. The number of aryl methyl sites for hydroxylation is 1. The number of aliphatic hydroxyl groups excluding tert-OH is 1. The number of rotatable bonds is 5. The third-order valence-electron chi connectivity index (χ3n) is 2.78. The molecular weight excluding hydrogens is 174 g/mol. The van der Waals surface area contributed by atoms with Crippen LogP contribution in [0.5, 0.6) is 0 Å². The predicted octanol–water partition coefficient (Wildman–Crippen LogP) is 2.42. The van der Waals surface area contributed by atoms with E-state index in [-0.39, 0.29) is 6.10 Å². The van der Waals surface area contributed by atoms with E-state index >= 15 is 0 Å². The predicted molar refractivity (Wildman–Crippen MR) is 58.0 cm³/mol. The van der Waals surface area contributed by atoms with Crippen LogP contribution in [0, 0.1) is 5.92 Å². The van der Waals surface area contributed by atoms with Crippen molar-refractivity contribution in [3.8, 4) is 0 Å². The number of hydrogen-bond acceptors (Lipinski definition) is 2. The summed E-state index contributed by atoms with van der Waals surface area (Å²) in [7, 11) is 0.